The van der Waals surface area contributed by atoms with Crippen LogP contribution in [0.2, 0.25) is 0 Å². The average Bonchev–Trinajstić information content (AvgIpc) is 2.70. The van der Waals surface area contributed by atoms with Gasteiger partial charge in [-0.25, -0.2) is 0 Å². The van der Waals surface area contributed by atoms with E-state index in [4.69, 9.17) is 17.4 Å². The van der Waals surface area contributed by atoms with Gasteiger partial charge in [0.25, 0.3) is 0 Å². The number of hydrogen-bond acceptors (Lipinski definition) is 5. The molecule has 0 fully saturated rings. The number of rotatable bonds is 6. The smallest absolute Gasteiger partial charge is 0.249 e. The molecule has 1 amide bonds. The molecule has 0 spiro atoms. The summed E-state index contributed by atoms with van der Waals surface area (Å²) >= 11 is 0. The van der Waals surface area contributed by atoms with Gasteiger partial charge in [0.2, 0.25) is 5.91 Å². The summed E-state index contributed by atoms with van der Waals surface area (Å²) in [5, 5.41) is 7.11. The predicted octanol–water partition coefficient (Wildman–Crippen LogP) is 2.63. The first kappa shape index (κ1) is 18.8. The number of carbonyl (C=O) groups is 1. The molecule has 0 saturated carbocycles. The van der Waals surface area contributed by atoms with Crippen LogP contribution < -0.4 is 17.4 Å². The van der Waals surface area contributed by atoms with E-state index in [9.17, 15) is 4.79 Å². The van der Waals surface area contributed by atoms with Crippen molar-refractivity contribution in [1.82, 2.24) is 0 Å². The van der Waals surface area contributed by atoms with Crippen LogP contribution in [0.5, 0.6) is 0 Å². The molecular weight excluding hydrogens is 350 g/mol. The summed E-state index contributed by atoms with van der Waals surface area (Å²) in [7, 11) is 0. The highest BCUT2D eigenvalue weighted by atomic mass is 16.1. The topological polar surface area (TPSA) is 120 Å². The summed E-state index contributed by atoms with van der Waals surface area (Å²) < 4.78 is 0. The van der Waals surface area contributed by atoms with Crippen molar-refractivity contribution in [1.29, 1.82) is 0 Å². The van der Waals surface area contributed by atoms with E-state index in [1.807, 2.05) is 60.7 Å². The number of hydrogen-bond donors (Lipinski definition) is 3. The molecule has 3 rings (SSSR count). The summed E-state index contributed by atoms with van der Waals surface area (Å²) in [6.45, 7) is 0. The van der Waals surface area contributed by atoms with E-state index < -0.39 is 5.91 Å². The zero-order valence-electron chi connectivity index (χ0n) is 15.2. The molecular formula is C22H21N5O. The third-order valence-corrected chi connectivity index (χ3v) is 4.41. The number of nitrogens with two attached hydrogens (primary N) is 3. The van der Waals surface area contributed by atoms with E-state index in [0.29, 0.717) is 12.0 Å². The lowest BCUT2D eigenvalue weighted by molar-refractivity contribution is 0.100. The normalized spacial score (nSPS) is 11.3. The second-order valence-corrected chi connectivity index (χ2v) is 6.30. The largest absolute Gasteiger partial charge is 0.366 e. The van der Waals surface area contributed by atoms with Crippen molar-refractivity contribution in [3.63, 3.8) is 0 Å². The van der Waals surface area contributed by atoms with Crippen molar-refractivity contribution < 1.29 is 4.79 Å². The Hall–Kier alpha value is -3.93. The quantitative estimate of drug-likeness (QED) is 0.351. The maximum absolute atomic E-state index is 12.1. The Morgan fingerprint density at radius 1 is 0.857 bits per heavy atom. The van der Waals surface area contributed by atoms with E-state index in [1.165, 1.54) is 0 Å². The van der Waals surface area contributed by atoms with Gasteiger partial charge >= 0.3 is 0 Å². The van der Waals surface area contributed by atoms with E-state index in [2.05, 4.69) is 10.2 Å². The molecule has 0 heterocycles. The molecule has 6 heteroatoms. The Labute approximate surface area is 163 Å². The lowest BCUT2D eigenvalue weighted by Gasteiger charge is -2.14. The fourth-order valence-electron chi connectivity index (χ4n) is 3.18. The zero-order valence-corrected chi connectivity index (χ0v) is 15.2. The molecule has 0 aliphatic heterocycles. The van der Waals surface area contributed by atoms with Crippen LogP contribution in [-0.2, 0) is 6.42 Å². The zero-order chi connectivity index (χ0) is 19.9. The molecule has 0 saturated heterocycles. The fourth-order valence-corrected chi connectivity index (χ4v) is 3.18. The van der Waals surface area contributed by atoms with E-state index >= 15 is 0 Å². The molecule has 0 radical (unpaired) electrons. The number of primary amides is 1. The van der Waals surface area contributed by atoms with Crippen molar-refractivity contribution in [3.05, 3.63) is 94.5 Å². The average molecular weight is 371 g/mol. The van der Waals surface area contributed by atoms with Crippen molar-refractivity contribution >= 4 is 18.3 Å². The molecule has 0 aromatic heterocycles. The molecule has 6 nitrogen and oxygen atoms in total. The van der Waals surface area contributed by atoms with Crippen molar-refractivity contribution in [3.8, 4) is 11.1 Å². The summed E-state index contributed by atoms with van der Waals surface area (Å²) in [5.41, 5.74) is 11.7. The summed E-state index contributed by atoms with van der Waals surface area (Å²) in [6, 6.07) is 21.2. The van der Waals surface area contributed by atoms with Crippen LogP contribution >= 0.6 is 0 Å². The third kappa shape index (κ3) is 4.24. The van der Waals surface area contributed by atoms with Crippen LogP contribution in [0, 0.1) is 0 Å². The number of hydrazone groups is 2. The van der Waals surface area contributed by atoms with E-state index in [-0.39, 0.29) is 0 Å². The van der Waals surface area contributed by atoms with Crippen molar-refractivity contribution in [2.45, 2.75) is 6.42 Å². The van der Waals surface area contributed by atoms with E-state index in [1.54, 1.807) is 18.5 Å². The Balaban J connectivity index is 2.08. The number of nitrogens with zero attached hydrogens (tertiary/aromatic N) is 2. The number of carbonyl (C=O) groups excluding carboxylic acids is 1. The molecule has 0 unspecified atom stereocenters. The molecule has 0 bridgehead atoms. The van der Waals surface area contributed by atoms with Gasteiger partial charge in [0, 0.05) is 5.56 Å². The van der Waals surface area contributed by atoms with Gasteiger partial charge in [0.1, 0.15) is 0 Å². The molecule has 3 aromatic carbocycles. The molecule has 0 aliphatic carbocycles. The minimum atomic E-state index is -0.468. The highest BCUT2D eigenvalue weighted by Crippen LogP contribution is 2.30. The van der Waals surface area contributed by atoms with Crippen LogP contribution in [-0.4, -0.2) is 18.3 Å². The lowest BCUT2D eigenvalue weighted by Crippen LogP contribution is -2.13. The Bertz CT molecular complexity index is 1040. The number of amides is 1. The predicted molar refractivity (Wildman–Crippen MR) is 113 cm³/mol. The standard InChI is InChI=1S/C22H21N5O/c23-22(28)20-6-2-5-18(11-15-7-9-16(10-8-15)13-26-24)21(20)19-4-1-3-17(12-19)14-27-25/h1-10,12-14H,11,24-25H2,(H2,23,28). The molecule has 0 atom stereocenters. The lowest BCUT2D eigenvalue weighted by atomic mass is 9.90. The van der Waals surface area contributed by atoms with Crippen molar-refractivity contribution in [2.24, 2.45) is 27.6 Å². The Morgan fingerprint density at radius 2 is 1.54 bits per heavy atom. The third-order valence-electron chi connectivity index (χ3n) is 4.41. The van der Waals surface area contributed by atoms with Crippen molar-refractivity contribution in [2.75, 3.05) is 0 Å². The number of benzene rings is 3. The highest BCUT2D eigenvalue weighted by molar-refractivity contribution is 6.01. The summed E-state index contributed by atoms with van der Waals surface area (Å²) in [4.78, 5) is 12.1. The minimum Gasteiger partial charge on any atom is -0.366 e. The van der Waals surface area contributed by atoms with E-state index in [0.717, 1.165) is 33.4 Å². The van der Waals surface area contributed by atoms with Crippen LogP contribution in [0.3, 0.4) is 0 Å². The van der Waals surface area contributed by atoms with Crippen LogP contribution in [0.4, 0.5) is 0 Å². The second-order valence-electron chi connectivity index (χ2n) is 6.30. The SMILES string of the molecule is NN=Cc1ccc(Cc2cccc(C(N)=O)c2-c2cccc(C=NN)c2)cc1. The van der Waals surface area contributed by atoms with Crippen LogP contribution in [0.25, 0.3) is 11.1 Å². The second kappa shape index (κ2) is 8.64. The molecule has 3 aromatic rings. The van der Waals surface area contributed by atoms with Gasteiger partial charge in [-0.3, -0.25) is 4.79 Å². The van der Waals surface area contributed by atoms with Crippen LogP contribution in [0.1, 0.15) is 32.6 Å². The highest BCUT2D eigenvalue weighted by Gasteiger charge is 2.15. The maximum atomic E-state index is 12.1. The van der Waals surface area contributed by atoms with Gasteiger partial charge in [0.15, 0.2) is 0 Å². The Morgan fingerprint density at radius 3 is 2.21 bits per heavy atom. The van der Waals surface area contributed by atoms with Crippen LogP contribution in [0.15, 0.2) is 76.9 Å². The summed E-state index contributed by atoms with van der Waals surface area (Å²) in [5.74, 6) is 10.00. The minimum absolute atomic E-state index is 0.468. The first-order chi connectivity index (χ1) is 13.6. The Kier molecular flexibility index (Phi) is 5.81. The molecule has 28 heavy (non-hydrogen) atoms. The first-order valence-electron chi connectivity index (χ1n) is 8.70. The van der Waals surface area contributed by atoms with Gasteiger partial charge in [-0.05, 0) is 51.9 Å². The fraction of sp³-hybridized carbons (Fsp3) is 0.0455. The van der Waals surface area contributed by atoms with Gasteiger partial charge in [-0.2, -0.15) is 10.2 Å². The maximum Gasteiger partial charge on any atom is 0.249 e. The monoisotopic (exact) mass is 371 g/mol. The molecule has 0 aliphatic rings. The first-order valence-corrected chi connectivity index (χ1v) is 8.70. The van der Waals surface area contributed by atoms with Gasteiger partial charge in [-0.15, -0.1) is 0 Å². The summed E-state index contributed by atoms with van der Waals surface area (Å²) in [6.07, 6.45) is 3.80. The van der Waals surface area contributed by atoms with Gasteiger partial charge in [0.05, 0.1) is 12.4 Å². The van der Waals surface area contributed by atoms with Gasteiger partial charge in [-0.1, -0.05) is 54.6 Å². The molecule has 6 N–H and O–H groups in total. The van der Waals surface area contributed by atoms with Gasteiger partial charge < -0.3 is 17.4 Å². The molecule has 140 valence electrons.